The van der Waals surface area contributed by atoms with Gasteiger partial charge in [-0.2, -0.15) is 0 Å². The molecule has 124 valence electrons. The lowest BCUT2D eigenvalue weighted by molar-refractivity contribution is 0.283. The molecule has 0 saturated carbocycles. The fraction of sp³-hybridized carbons (Fsp3) is 0.438. The topological polar surface area (TPSA) is 100 Å². The van der Waals surface area contributed by atoms with Crippen LogP contribution in [0.25, 0.3) is 0 Å². The second-order valence-electron chi connectivity index (χ2n) is 5.19. The second-order valence-corrected chi connectivity index (χ2v) is 5.19. The van der Waals surface area contributed by atoms with Crippen molar-refractivity contribution in [2.24, 2.45) is 0 Å². The van der Waals surface area contributed by atoms with Gasteiger partial charge in [-0.15, -0.1) is 10.2 Å². The van der Waals surface area contributed by atoms with Gasteiger partial charge in [0.1, 0.15) is 11.4 Å². The van der Waals surface area contributed by atoms with Crippen LogP contribution in [-0.4, -0.2) is 40.5 Å². The van der Waals surface area contributed by atoms with Crippen LogP contribution in [0, 0.1) is 0 Å². The zero-order valence-electron chi connectivity index (χ0n) is 13.2. The molecule has 1 aromatic heterocycles. The molecule has 7 nitrogen and oxygen atoms in total. The predicted octanol–water partition coefficient (Wildman–Crippen LogP) is 1.34. The van der Waals surface area contributed by atoms with Gasteiger partial charge in [0.2, 0.25) is 5.95 Å². The van der Waals surface area contributed by atoms with Gasteiger partial charge in [-0.05, 0) is 37.0 Å². The van der Waals surface area contributed by atoms with E-state index in [1.807, 2.05) is 24.3 Å². The van der Waals surface area contributed by atoms with Gasteiger partial charge in [-0.3, -0.25) is 9.78 Å². The maximum Gasteiger partial charge on any atom is 0.274 e. The molecular formula is C16H22N4O3. The van der Waals surface area contributed by atoms with Gasteiger partial charge < -0.3 is 15.2 Å². The van der Waals surface area contributed by atoms with E-state index >= 15 is 0 Å². The number of aliphatic hydroxyl groups excluding tert-OH is 1. The van der Waals surface area contributed by atoms with Gasteiger partial charge in [0.05, 0.1) is 7.11 Å². The Labute approximate surface area is 134 Å². The molecule has 0 unspecified atom stereocenters. The molecule has 0 aliphatic rings. The maximum atomic E-state index is 12.0. The first-order chi connectivity index (χ1) is 11.2. The Morgan fingerprint density at radius 1 is 1.17 bits per heavy atom. The molecule has 23 heavy (non-hydrogen) atoms. The highest BCUT2D eigenvalue weighted by atomic mass is 16.5. The zero-order valence-corrected chi connectivity index (χ0v) is 13.2. The predicted molar refractivity (Wildman–Crippen MR) is 87.9 cm³/mol. The summed E-state index contributed by atoms with van der Waals surface area (Å²) in [6, 6.07) is 7.49. The molecule has 0 bridgehead atoms. The summed E-state index contributed by atoms with van der Waals surface area (Å²) in [5, 5.41) is 19.7. The number of aliphatic hydroxyl groups is 1. The molecule has 0 amide bonds. The second kappa shape index (κ2) is 8.89. The molecule has 1 heterocycles. The number of anilines is 1. The minimum atomic E-state index is -0.242. The van der Waals surface area contributed by atoms with E-state index in [1.54, 1.807) is 7.11 Å². The van der Waals surface area contributed by atoms with Crippen LogP contribution in [0.4, 0.5) is 5.95 Å². The molecule has 2 aromatic rings. The summed E-state index contributed by atoms with van der Waals surface area (Å²) in [7, 11) is 1.61. The molecule has 0 spiro atoms. The molecule has 1 aromatic carbocycles. The van der Waals surface area contributed by atoms with Crippen molar-refractivity contribution in [1.29, 1.82) is 0 Å². The Kier molecular flexibility index (Phi) is 6.56. The number of hydrogen-bond donors (Lipinski definition) is 3. The Balaban J connectivity index is 1.92. The highest BCUT2D eigenvalue weighted by Crippen LogP contribution is 2.12. The number of ether oxygens (including phenoxy) is 1. The molecule has 0 radical (unpaired) electrons. The number of hydrogen-bond acceptors (Lipinski definition) is 6. The number of methoxy groups -OCH3 is 1. The molecule has 2 rings (SSSR count). The van der Waals surface area contributed by atoms with Crippen LogP contribution in [0.2, 0.25) is 0 Å². The van der Waals surface area contributed by atoms with Gasteiger partial charge in [0, 0.05) is 19.6 Å². The summed E-state index contributed by atoms with van der Waals surface area (Å²) in [6.45, 7) is 0.888. The molecule has 0 saturated heterocycles. The summed E-state index contributed by atoms with van der Waals surface area (Å²) >= 11 is 0. The van der Waals surface area contributed by atoms with E-state index in [0.29, 0.717) is 24.6 Å². The summed E-state index contributed by atoms with van der Waals surface area (Å²) < 4.78 is 5.10. The number of aromatic amines is 1. The van der Waals surface area contributed by atoms with Gasteiger partial charge in [0.15, 0.2) is 0 Å². The number of nitrogens with zero attached hydrogens (tertiary/aromatic N) is 2. The van der Waals surface area contributed by atoms with E-state index in [4.69, 9.17) is 9.84 Å². The van der Waals surface area contributed by atoms with E-state index in [-0.39, 0.29) is 12.2 Å². The number of aromatic nitrogens is 3. The van der Waals surface area contributed by atoms with Crippen molar-refractivity contribution in [3.8, 4) is 5.75 Å². The largest absolute Gasteiger partial charge is 0.497 e. The van der Waals surface area contributed by atoms with Crippen molar-refractivity contribution < 1.29 is 9.84 Å². The van der Waals surface area contributed by atoms with Crippen molar-refractivity contribution in [2.75, 3.05) is 25.6 Å². The first-order valence-electron chi connectivity index (χ1n) is 7.66. The van der Waals surface area contributed by atoms with Gasteiger partial charge >= 0.3 is 0 Å². The minimum absolute atomic E-state index is 0.205. The van der Waals surface area contributed by atoms with E-state index in [2.05, 4.69) is 20.5 Å². The third-order valence-corrected chi connectivity index (χ3v) is 3.42. The van der Waals surface area contributed by atoms with Crippen LogP contribution < -0.4 is 15.6 Å². The minimum Gasteiger partial charge on any atom is -0.497 e. The summed E-state index contributed by atoms with van der Waals surface area (Å²) in [6.07, 6.45) is 3.03. The van der Waals surface area contributed by atoms with Gasteiger partial charge in [-0.25, -0.2) is 0 Å². The lowest BCUT2D eigenvalue weighted by atomic mass is 10.1. The number of rotatable bonds is 9. The third kappa shape index (κ3) is 5.37. The van der Waals surface area contributed by atoms with Crippen molar-refractivity contribution in [1.82, 2.24) is 15.2 Å². The zero-order chi connectivity index (χ0) is 16.5. The van der Waals surface area contributed by atoms with Gasteiger partial charge in [0.25, 0.3) is 5.56 Å². The molecular weight excluding hydrogens is 296 g/mol. The Hall–Kier alpha value is -2.41. The SMILES string of the molecule is COc1ccc(Cc2nnc(NCCCCCO)[nH]c2=O)cc1. The quantitative estimate of drug-likeness (QED) is 0.603. The Morgan fingerprint density at radius 2 is 1.96 bits per heavy atom. The standard InChI is InChI=1S/C16H22N4O3/c1-23-13-7-5-12(6-8-13)11-14-15(22)18-16(20-19-14)17-9-3-2-4-10-21/h5-8,21H,2-4,9-11H2,1H3,(H2,17,18,20,22). The monoisotopic (exact) mass is 318 g/mol. The highest BCUT2D eigenvalue weighted by molar-refractivity contribution is 5.30. The summed E-state index contributed by atoms with van der Waals surface area (Å²) in [5.74, 6) is 1.15. The van der Waals surface area contributed by atoms with Crippen molar-refractivity contribution >= 4 is 5.95 Å². The number of unbranched alkanes of at least 4 members (excludes halogenated alkanes) is 2. The normalized spacial score (nSPS) is 10.5. The van der Waals surface area contributed by atoms with Crippen LogP contribution in [0.15, 0.2) is 29.1 Å². The molecule has 0 fully saturated rings. The average molecular weight is 318 g/mol. The van der Waals surface area contributed by atoms with Crippen LogP contribution >= 0.6 is 0 Å². The average Bonchev–Trinajstić information content (AvgIpc) is 2.57. The number of H-pyrrole nitrogens is 1. The third-order valence-electron chi connectivity index (χ3n) is 3.42. The van der Waals surface area contributed by atoms with E-state index in [1.165, 1.54) is 0 Å². The lowest BCUT2D eigenvalue weighted by Crippen LogP contribution is -2.20. The van der Waals surface area contributed by atoms with Crippen LogP contribution in [0.1, 0.15) is 30.5 Å². The van der Waals surface area contributed by atoms with Gasteiger partial charge in [-0.1, -0.05) is 12.1 Å². The number of nitrogens with one attached hydrogen (secondary N) is 2. The van der Waals surface area contributed by atoms with Crippen LogP contribution in [-0.2, 0) is 6.42 Å². The van der Waals surface area contributed by atoms with Crippen LogP contribution in [0.3, 0.4) is 0 Å². The fourth-order valence-corrected chi connectivity index (χ4v) is 2.11. The molecule has 7 heteroatoms. The van der Waals surface area contributed by atoms with Crippen LogP contribution in [0.5, 0.6) is 5.75 Å². The van der Waals surface area contributed by atoms with Crippen molar-refractivity contribution in [3.63, 3.8) is 0 Å². The summed E-state index contributed by atoms with van der Waals surface area (Å²) in [5.41, 5.74) is 1.10. The lowest BCUT2D eigenvalue weighted by Gasteiger charge is -2.05. The Bertz CT molecular complexity index is 655. The first-order valence-corrected chi connectivity index (χ1v) is 7.66. The van der Waals surface area contributed by atoms with Crippen molar-refractivity contribution in [3.05, 3.63) is 45.9 Å². The molecule has 0 aliphatic heterocycles. The molecule has 0 aliphatic carbocycles. The smallest absolute Gasteiger partial charge is 0.274 e. The van der Waals surface area contributed by atoms with Crippen molar-refractivity contribution in [2.45, 2.75) is 25.7 Å². The maximum absolute atomic E-state index is 12.0. The molecule has 0 atom stereocenters. The molecule has 3 N–H and O–H groups in total. The Morgan fingerprint density at radius 3 is 2.61 bits per heavy atom. The number of benzene rings is 1. The van der Waals surface area contributed by atoms with E-state index in [9.17, 15) is 4.79 Å². The first kappa shape index (κ1) is 17.0. The van der Waals surface area contributed by atoms with E-state index in [0.717, 1.165) is 30.6 Å². The summed E-state index contributed by atoms with van der Waals surface area (Å²) in [4.78, 5) is 14.7. The highest BCUT2D eigenvalue weighted by Gasteiger charge is 2.06. The fourth-order valence-electron chi connectivity index (χ4n) is 2.11. The van der Waals surface area contributed by atoms with E-state index < -0.39 is 0 Å².